The zero-order valence-corrected chi connectivity index (χ0v) is 9.06. The summed E-state index contributed by atoms with van der Waals surface area (Å²) in [5.41, 5.74) is 2.53. The molecule has 0 saturated carbocycles. The molecule has 4 heteroatoms. The molecule has 0 aliphatic carbocycles. The van der Waals surface area contributed by atoms with Crippen LogP contribution in [0.4, 0.5) is 10.1 Å². The van der Waals surface area contributed by atoms with Crippen molar-refractivity contribution >= 4 is 17.2 Å². The van der Waals surface area contributed by atoms with Gasteiger partial charge in [0.15, 0.2) is 0 Å². The van der Waals surface area contributed by atoms with E-state index in [1.807, 2.05) is 0 Å². The number of anilines is 1. The van der Waals surface area contributed by atoms with Crippen molar-refractivity contribution in [3.8, 4) is 0 Å². The fraction of sp³-hybridized carbons (Fsp3) is 0.250. The first-order valence-electron chi connectivity index (χ1n) is 5.11. The third-order valence-electron chi connectivity index (χ3n) is 2.68. The number of amides is 1. The van der Waals surface area contributed by atoms with Gasteiger partial charge in [0.1, 0.15) is 5.82 Å². The molecule has 0 aromatic heterocycles. The van der Waals surface area contributed by atoms with Crippen LogP contribution in [0.3, 0.4) is 0 Å². The number of halogens is 1. The van der Waals surface area contributed by atoms with Crippen LogP contribution in [0.2, 0.25) is 0 Å². The maximum absolute atomic E-state index is 13.3. The lowest BCUT2D eigenvalue weighted by Gasteiger charge is -2.12. The summed E-state index contributed by atoms with van der Waals surface area (Å²) >= 11 is 0. The topological polar surface area (TPSA) is 41.1 Å². The predicted octanol–water partition coefficient (Wildman–Crippen LogP) is 2.01. The molecule has 0 atom stereocenters. The van der Waals surface area contributed by atoms with Gasteiger partial charge in [-0.1, -0.05) is 6.58 Å². The highest BCUT2D eigenvalue weighted by molar-refractivity contribution is 6.02. The van der Waals surface area contributed by atoms with Gasteiger partial charge in [-0.3, -0.25) is 4.79 Å². The monoisotopic (exact) mass is 220 g/mol. The van der Waals surface area contributed by atoms with E-state index in [4.69, 9.17) is 0 Å². The van der Waals surface area contributed by atoms with Crippen LogP contribution in [0.5, 0.6) is 0 Å². The predicted molar refractivity (Wildman–Crippen MR) is 61.9 cm³/mol. The summed E-state index contributed by atoms with van der Waals surface area (Å²) in [6.07, 6.45) is 0.680. The molecule has 1 aliphatic heterocycles. The van der Waals surface area contributed by atoms with E-state index in [9.17, 15) is 9.18 Å². The van der Waals surface area contributed by atoms with Gasteiger partial charge in [-0.15, -0.1) is 0 Å². The average molecular weight is 220 g/mol. The van der Waals surface area contributed by atoms with Crippen molar-refractivity contribution in [1.29, 1.82) is 0 Å². The Bertz CT molecular complexity index is 468. The van der Waals surface area contributed by atoms with Gasteiger partial charge in [-0.2, -0.15) is 0 Å². The molecule has 0 bridgehead atoms. The molecule has 0 radical (unpaired) electrons. The standard InChI is InChI=1S/C12H13FN2O/c1-7-3-4-15-12(16)9-5-8(13)6-10(14-2)11(7)9/h5-6,14H,1,3-4H2,2H3,(H,15,16). The summed E-state index contributed by atoms with van der Waals surface area (Å²) in [7, 11) is 1.70. The molecule has 1 aromatic carbocycles. The Kier molecular flexibility index (Phi) is 2.64. The van der Waals surface area contributed by atoms with E-state index in [1.165, 1.54) is 12.1 Å². The molecular weight excluding hydrogens is 207 g/mol. The van der Waals surface area contributed by atoms with Crippen molar-refractivity contribution in [2.75, 3.05) is 18.9 Å². The van der Waals surface area contributed by atoms with E-state index in [2.05, 4.69) is 17.2 Å². The van der Waals surface area contributed by atoms with Crippen molar-refractivity contribution < 1.29 is 9.18 Å². The molecule has 2 N–H and O–H groups in total. The number of carbonyl (C=O) groups is 1. The van der Waals surface area contributed by atoms with Gasteiger partial charge >= 0.3 is 0 Å². The van der Waals surface area contributed by atoms with Crippen LogP contribution in [0.25, 0.3) is 5.57 Å². The Morgan fingerprint density at radius 2 is 2.25 bits per heavy atom. The van der Waals surface area contributed by atoms with Crippen LogP contribution in [0.1, 0.15) is 22.3 Å². The van der Waals surface area contributed by atoms with E-state index < -0.39 is 5.82 Å². The molecular formula is C12H13FN2O. The largest absolute Gasteiger partial charge is 0.388 e. The van der Waals surface area contributed by atoms with Crippen molar-refractivity contribution in [3.05, 3.63) is 35.7 Å². The maximum Gasteiger partial charge on any atom is 0.252 e. The number of hydrogen-bond acceptors (Lipinski definition) is 2. The quantitative estimate of drug-likeness (QED) is 0.760. The molecule has 3 nitrogen and oxygen atoms in total. The lowest BCUT2D eigenvalue weighted by Crippen LogP contribution is -2.22. The molecule has 0 saturated heterocycles. The maximum atomic E-state index is 13.3. The summed E-state index contributed by atoms with van der Waals surface area (Å²) in [5, 5.41) is 5.61. The molecule has 0 spiro atoms. The van der Waals surface area contributed by atoms with Crippen molar-refractivity contribution in [2.24, 2.45) is 0 Å². The minimum atomic E-state index is -0.423. The number of benzene rings is 1. The number of rotatable bonds is 1. The van der Waals surface area contributed by atoms with Crippen LogP contribution in [0, 0.1) is 5.82 Å². The fourth-order valence-corrected chi connectivity index (χ4v) is 1.91. The Balaban J connectivity index is 2.69. The lowest BCUT2D eigenvalue weighted by molar-refractivity contribution is 0.0955. The molecule has 0 unspecified atom stereocenters. The summed E-state index contributed by atoms with van der Waals surface area (Å²) in [6.45, 7) is 4.47. The molecule has 1 aromatic rings. The van der Waals surface area contributed by atoms with Crippen LogP contribution in [-0.4, -0.2) is 19.5 Å². The fourth-order valence-electron chi connectivity index (χ4n) is 1.91. The smallest absolute Gasteiger partial charge is 0.252 e. The van der Waals surface area contributed by atoms with Crippen molar-refractivity contribution in [3.63, 3.8) is 0 Å². The van der Waals surface area contributed by atoms with Gasteiger partial charge in [0.25, 0.3) is 5.91 Å². The number of hydrogen-bond donors (Lipinski definition) is 2. The van der Waals surface area contributed by atoms with Gasteiger partial charge in [0.05, 0.1) is 5.56 Å². The summed E-state index contributed by atoms with van der Waals surface area (Å²) in [4.78, 5) is 11.7. The normalized spacial score (nSPS) is 15.1. The Morgan fingerprint density at radius 1 is 1.50 bits per heavy atom. The van der Waals surface area contributed by atoms with E-state index in [-0.39, 0.29) is 5.91 Å². The first-order chi connectivity index (χ1) is 7.63. The van der Waals surface area contributed by atoms with Crippen LogP contribution in [0.15, 0.2) is 18.7 Å². The second-order valence-electron chi connectivity index (χ2n) is 3.74. The van der Waals surface area contributed by atoms with Crippen molar-refractivity contribution in [2.45, 2.75) is 6.42 Å². The van der Waals surface area contributed by atoms with E-state index >= 15 is 0 Å². The second kappa shape index (κ2) is 3.96. The minimum absolute atomic E-state index is 0.246. The van der Waals surface area contributed by atoms with E-state index in [1.54, 1.807) is 7.05 Å². The summed E-state index contributed by atoms with van der Waals surface area (Å²) in [5.74, 6) is -0.669. The second-order valence-corrected chi connectivity index (χ2v) is 3.74. The summed E-state index contributed by atoms with van der Waals surface area (Å²) < 4.78 is 13.3. The van der Waals surface area contributed by atoms with Gasteiger partial charge < -0.3 is 10.6 Å². The minimum Gasteiger partial charge on any atom is -0.388 e. The zero-order valence-electron chi connectivity index (χ0n) is 9.06. The highest BCUT2D eigenvalue weighted by Gasteiger charge is 2.21. The van der Waals surface area contributed by atoms with Crippen molar-refractivity contribution in [1.82, 2.24) is 5.32 Å². The van der Waals surface area contributed by atoms with Gasteiger partial charge in [-0.05, 0) is 24.1 Å². The van der Waals surface area contributed by atoms with Gasteiger partial charge in [0.2, 0.25) is 0 Å². The SMILES string of the molecule is C=C1CCNC(=O)c2cc(F)cc(NC)c21. The van der Waals surface area contributed by atoms with Crippen LogP contribution < -0.4 is 10.6 Å². The lowest BCUT2D eigenvalue weighted by atomic mass is 9.97. The average Bonchev–Trinajstić information content (AvgIpc) is 2.39. The van der Waals surface area contributed by atoms with Gasteiger partial charge in [0, 0.05) is 24.8 Å². The zero-order chi connectivity index (χ0) is 11.7. The third-order valence-corrected chi connectivity index (χ3v) is 2.68. The molecule has 0 fully saturated rings. The third kappa shape index (κ3) is 1.66. The first kappa shape index (κ1) is 10.7. The molecule has 1 aliphatic rings. The Morgan fingerprint density at radius 3 is 2.94 bits per heavy atom. The van der Waals surface area contributed by atoms with Gasteiger partial charge in [-0.25, -0.2) is 4.39 Å². The Hall–Kier alpha value is -1.84. The Labute approximate surface area is 93.4 Å². The van der Waals surface area contributed by atoms with Crippen LogP contribution >= 0.6 is 0 Å². The van der Waals surface area contributed by atoms with E-state index in [0.717, 1.165) is 11.1 Å². The first-order valence-corrected chi connectivity index (χ1v) is 5.11. The number of nitrogens with one attached hydrogen (secondary N) is 2. The number of fused-ring (bicyclic) bond motifs is 1. The molecule has 2 rings (SSSR count). The highest BCUT2D eigenvalue weighted by atomic mass is 19.1. The summed E-state index contributed by atoms with van der Waals surface area (Å²) in [6, 6.07) is 2.63. The van der Waals surface area contributed by atoms with E-state index in [0.29, 0.717) is 24.2 Å². The highest BCUT2D eigenvalue weighted by Crippen LogP contribution is 2.31. The van der Waals surface area contributed by atoms with Crippen LogP contribution in [-0.2, 0) is 0 Å². The molecule has 16 heavy (non-hydrogen) atoms. The molecule has 1 heterocycles. The molecule has 1 amide bonds. The number of carbonyl (C=O) groups excluding carboxylic acids is 1. The molecule has 84 valence electrons.